The molecular formula is C16H20ClN3O2S. The topological polar surface area (TPSA) is 89.4 Å². The summed E-state index contributed by atoms with van der Waals surface area (Å²) in [6.07, 6.45) is 0.765. The van der Waals surface area contributed by atoms with Crippen LogP contribution in [-0.2, 0) is 6.42 Å². The minimum Gasteiger partial charge on any atom is -0.366 e. The van der Waals surface area contributed by atoms with E-state index in [9.17, 15) is 9.59 Å². The van der Waals surface area contributed by atoms with Gasteiger partial charge in [0.1, 0.15) is 0 Å². The Morgan fingerprint density at radius 3 is 2.39 bits per heavy atom. The number of rotatable bonds is 7. The molecule has 0 fully saturated rings. The highest BCUT2D eigenvalue weighted by Gasteiger charge is 2.18. The average Bonchev–Trinajstić information content (AvgIpc) is 3.02. The Morgan fingerprint density at radius 2 is 1.83 bits per heavy atom. The van der Waals surface area contributed by atoms with E-state index >= 15 is 0 Å². The van der Waals surface area contributed by atoms with Gasteiger partial charge in [0.25, 0.3) is 5.91 Å². The van der Waals surface area contributed by atoms with Crippen LogP contribution in [-0.4, -0.2) is 36.3 Å². The lowest BCUT2D eigenvalue weighted by molar-refractivity contribution is 0.0767. The molecule has 1 aromatic heterocycles. The number of primary amides is 1. The van der Waals surface area contributed by atoms with E-state index in [0.717, 1.165) is 6.42 Å². The first-order valence-electron chi connectivity index (χ1n) is 7.03. The van der Waals surface area contributed by atoms with E-state index in [4.69, 9.17) is 11.5 Å². The maximum absolute atomic E-state index is 12.5. The Morgan fingerprint density at radius 1 is 1.13 bits per heavy atom. The number of hydrogen-bond acceptors (Lipinski definition) is 4. The van der Waals surface area contributed by atoms with Gasteiger partial charge in [-0.15, -0.1) is 23.7 Å². The van der Waals surface area contributed by atoms with Crippen LogP contribution in [0.2, 0.25) is 0 Å². The highest BCUT2D eigenvalue weighted by atomic mass is 35.5. The maximum Gasteiger partial charge on any atom is 0.263 e. The molecule has 0 radical (unpaired) electrons. The SMILES string of the molecule is Cl.NCCN(CCc1ccccc1)C(=O)c1cc(C(N)=O)cs1. The first-order chi connectivity index (χ1) is 10.6. The number of benzene rings is 1. The number of carbonyl (C=O) groups is 2. The van der Waals surface area contributed by atoms with E-state index in [1.165, 1.54) is 16.9 Å². The van der Waals surface area contributed by atoms with Crippen LogP contribution in [0.5, 0.6) is 0 Å². The zero-order valence-electron chi connectivity index (χ0n) is 12.6. The van der Waals surface area contributed by atoms with Crippen molar-refractivity contribution in [1.82, 2.24) is 4.90 Å². The molecule has 0 saturated carbocycles. The summed E-state index contributed by atoms with van der Waals surface area (Å²) in [4.78, 5) is 25.9. The largest absolute Gasteiger partial charge is 0.366 e. The zero-order chi connectivity index (χ0) is 15.9. The van der Waals surface area contributed by atoms with Crippen LogP contribution in [0.25, 0.3) is 0 Å². The lowest BCUT2D eigenvalue weighted by Crippen LogP contribution is -2.36. The Labute approximate surface area is 145 Å². The fraction of sp³-hybridized carbons (Fsp3) is 0.250. The van der Waals surface area contributed by atoms with Gasteiger partial charge in [0, 0.05) is 25.0 Å². The van der Waals surface area contributed by atoms with Gasteiger partial charge in [-0.05, 0) is 18.1 Å². The van der Waals surface area contributed by atoms with Crippen molar-refractivity contribution < 1.29 is 9.59 Å². The van der Waals surface area contributed by atoms with Crippen LogP contribution in [0.3, 0.4) is 0 Å². The molecule has 0 aliphatic carbocycles. The first kappa shape index (κ1) is 19.2. The van der Waals surface area contributed by atoms with Crippen LogP contribution >= 0.6 is 23.7 Å². The number of nitrogens with zero attached hydrogens (tertiary/aromatic N) is 1. The lowest BCUT2D eigenvalue weighted by Gasteiger charge is -2.21. The summed E-state index contributed by atoms with van der Waals surface area (Å²) in [7, 11) is 0. The quantitative estimate of drug-likeness (QED) is 0.796. The second kappa shape index (κ2) is 9.29. The van der Waals surface area contributed by atoms with E-state index in [-0.39, 0.29) is 18.3 Å². The third-order valence-corrected chi connectivity index (χ3v) is 4.21. The number of carbonyl (C=O) groups excluding carboxylic acids is 2. The highest BCUT2D eigenvalue weighted by Crippen LogP contribution is 2.17. The fourth-order valence-corrected chi connectivity index (χ4v) is 2.98. The van der Waals surface area contributed by atoms with Crippen LogP contribution in [0.4, 0.5) is 0 Å². The van der Waals surface area contributed by atoms with Crippen molar-refractivity contribution in [3.63, 3.8) is 0 Å². The molecule has 23 heavy (non-hydrogen) atoms. The van der Waals surface area contributed by atoms with Crippen LogP contribution in [0.1, 0.15) is 25.6 Å². The smallest absolute Gasteiger partial charge is 0.263 e. The molecule has 1 aromatic carbocycles. The monoisotopic (exact) mass is 353 g/mol. The summed E-state index contributed by atoms with van der Waals surface area (Å²) in [5.74, 6) is -0.635. The van der Waals surface area contributed by atoms with E-state index in [1.807, 2.05) is 30.3 Å². The minimum atomic E-state index is -0.523. The molecule has 5 nitrogen and oxygen atoms in total. The van der Waals surface area contributed by atoms with Gasteiger partial charge in [0.05, 0.1) is 10.4 Å². The predicted octanol–water partition coefficient (Wildman–Crippen LogP) is 1.91. The standard InChI is InChI=1S/C16H19N3O2S.ClH/c17-7-9-19(8-6-12-4-2-1-3-5-12)16(21)14-10-13(11-22-14)15(18)20;/h1-5,10-11H,6-9,17H2,(H2,18,20);1H. The maximum atomic E-state index is 12.5. The van der Waals surface area contributed by atoms with Gasteiger partial charge in [0.2, 0.25) is 5.91 Å². The molecule has 1 heterocycles. The first-order valence-corrected chi connectivity index (χ1v) is 7.91. The molecule has 0 unspecified atom stereocenters. The molecular weight excluding hydrogens is 334 g/mol. The van der Waals surface area contributed by atoms with Gasteiger partial charge < -0.3 is 16.4 Å². The Kier molecular flexibility index (Phi) is 7.74. The number of thiophene rings is 1. The molecule has 7 heteroatoms. The van der Waals surface area contributed by atoms with E-state index in [1.54, 1.807) is 16.3 Å². The lowest BCUT2D eigenvalue weighted by atomic mass is 10.1. The Balaban J connectivity index is 0.00000264. The van der Waals surface area contributed by atoms with Crippen LogP contribution in [0.15, 0.2) is 41.8 Å². The van der Waals surface area contributed by atoms with Gasteiger partial charge in [-0.3, -0.25) is 9.59 Å². The molecule has 0 saturated heterocycles. The normalized spacial score (nSPS) is 9.96. The highest BCUT2D eigenvalue weighted by molar-refractivity contribution is 7.12. The van der Waals surface area contributed by atoms with Crippen LogP contribution in [0, 0.1) is 0 Å². The number of halogens is 1. The third kappa shape index (κ3) is 5.35. The summed E-state index contributed by atoms with van der Waals surface area (Å²) >= 11 is 1.23. The minimum absolute atomic E-state index is 0. The number of hydrogen-bond donors (Lipinski definition) is 2. The number of amides is 2. The molecule has 124 valence electrons. The summed E-state index contributed by atoms with van der Waals surface area (Å²) in [5.41, 5.74) is 12.4. The number of nitrogens with two attached hydrogens (primary N) is 2. The van der Waals surface area contributed by atoms with E-state index < -0.39 is 5.91 Å². The van der Waals surface area contributed by atoms with Crippen molar-refractivity contribution >= 4 is 35.6 Å². The van der Waals surface area contributed by atoms with Crippen molar-refractivity contribution in [3.8, 4) is 0 Å². The molecule has 4 N–H and O–H groups in total. The summed E-state index contributed by atoms with van der Waals surface area (Å²) in [5, 5.41) is 1.60. The van der Waals surface area contributed by atoms with Gasteiger partial charge in [-0.1, -0.05) is 30.3 Å². The Hall–Kier alpha value is -1.89. The van der Waals surface area contributed by atoms with Gasteiger partial charge in [-0.25, -0.2) is 0 Å². The molecule has 0 aliphatic heterocycles. The molecule has 2 rings (SSSR count). The molecule has 2 aromatic rings. The van der Waals surface area contributed by atoms with Crippen molar-refractivity contribution in [2.75, 3.05) is 19.6 Å². The van der Waals surface area contributed by atoms with E-state index in [2.05, 4.69) is 0 Å². The molecule has 0 atom stereocenters. The second-order valence-corrected chi connectivity index (χ2v) is 5.79. The van der Waals surface area contributed by atoms with E-state index in [0.29, 0.717) is 30.1 Å². The average molecular weight is 354 g/mol. The third-order valence-electron chi connectivity index (χ3n) is 3.29. The van der Waals surface area contributed by atoms with Crippen molar-refractivity contribution in [2.45, 2.75) is 6.42 Å². The fourth-order valence-electron chi connectivity index (χ4n) is 2.11. The Bertz CT molecular complexity index is 646. The summed E-state index contributed by atoms with van der Waals surface area (Å²) < 4.78 is 0. The van der Waals surface area contributed by atoms with Crippen molar-refractivity contribution in [2.24, 2.45) is 11.5 Å². The van der Waals surface area contributed by atoms with Gasteiger partial charge in [0.15, 0.2) is 0 Å². The zero-order valence-corrected chi connectivity index (χ0v) is 14.2. The van der Waals surface area contributed by atoms with Gasteiger partial charge >= 0.3 is 0 Å². The molecule has 2 amide bonds. The van der Waals surface area contributed by atoms with Crippen LogP contribution < -0.4 is 11.5 Å². The molecule has 0 bridgehead atoms. The van der Waals surface area contributed by atoms with Gasteiger partial charge in [-0.2, -0.15) is 0 Å². The summed E-state index contributed by atoms with van der Waals surface area (Å²) in [6.45, 7) is 1.47. The summed E-state index contributed by atoms with van der Waals surface area (Å²) in [6, 6.07) is 11.5. The van der Waals surface area contributed by atoms with Crippen molar-refractivity contribution in [3.05, 3.63) is 57.8 Å². The molecule has 0 aliphatic rings. The second-order valence-electron chi connectivity index (χ2n) is 4.88. The predicted molar refractivity (Wildman–Crippen MR) is 95.2 cm³/mol. The van der Waals surface area contributed by atoms with Crippen molar-refractivity contribution in [1.29, 1.82) is 0 Å². The molecule has 0 spiro atoms.